The van der Waals surface area contributed by atoms with E-state index in [0.29, 0.717) is 0 Å². The zero-order valence-electron chi connectivity index (χ0n) is 5.66. The van der Waals surface area contributed by atoms with Gasteiger partial charge in [-0.15, -0.1) is 0 Å². The van der Waals surface area contributed by atoms with Crippen molar-refractivity contribution in [1.29, 1.82) is 0 Å². The van der Waals surface area contributed by atoms with Crippen LogP contribution in [0, 0.1) is 5.82 Å². The molecule has 1 aromatic carbocycles. The molecule has 0 atom stereocenters. The maximum atomic E-state index is 12.7. The van der Waals surface area contributed by atoms with E-state index in [1.807, 2.05) is 0 Å². The lowest BCUT2D eigenvalue weighted by Crippen LogP contribution is -1.99. The van der Waals surface area contributed by atoms with Gasteiger partial charge in [-0.2, -0.15) is 0 Å². The number of hydrogen-bond donors (Lipinski definition) is 3. The first-order valence-corrected chi connectivity index (χ1v) is 3.02. The average Bonchev–Trinajstić information content (AvgIpc) is 1.85. The van der Waals surface area contributed by atoms with Crippen LogP contribution in [0.25, 0.3) is 0 Å². The Kier molecular flexibility index (Phi) is 2.07. The zero-order chi connectivity index (χ0) is 8.43. The predicted octanol–water partition coefficient (Wildman–Crippen LogP) is 0.391. The van der Waals surface area contributed by atoms with Crippen molar-refractivity contribution in [2.24, 2.45) is 0 Å². The molecule has 0 spiro atoms. The summed E-state index contributed by atoms with van der Waals surface area (Å²) in [6, 6.07) is 3.67. The highest BCUT2D eigenvalue weighted by atomic mass is 19.1. The van der Waals surface area contributed by atoms with Gasteiger partial charge in [0.2, 0.25) is 0 Å². The molecule has 0 bridgehead atoms. The third kappa shape index (κ3) is 1.66. The highest BCUT2D eigenvalue weighted by molar-refractivity contribution is 5.40. The number of nitrogens with two attached hydrogens (primary N) is 1. The van der Waals surface area contributed by atoms with Gasteiger partial charge in [0.25, 0.3) is 0 Å². The molecule has 0 aliphatic carbocycles. The zero-order valence-corrected chi connectivity index (χ0v) is 5.66. The van der Waals surface area contributed by atoms with E-state index in [4.69, 9.17) is 15.9 Å². The molecule has 0 saturated carbocycles. The fourth-order valence-electron chi connectivity index (χ4n) is 0.753. The molecule has 4 N–H and O–H groups in total. The molecular formula is C7H8FNO2. The Morgan fingerprint density at radius 2 is 2.00 bits per heavy atom. The molecule has 0 aliphatic heterocycles. The van der Waals surface area contributed by atoms with Crippen LogP contribution in [0.15, 0.2) is 18.2 Å². The first-order chi connectivity index (χ1) is 5.11. The lowest BCUT2D eigenvalue weighted by atomic mass is 10.2. The van der Waals surface area contributed by atoms with Crippen LogP contribution in [0.2, 0.25) is 0 Å². The van der Waals surface area contributed by atoms with Crippen molar-refractivity contribution in [2.45, 2.75) is 6.29 Å². The Labute approximate surface area is 62.9 Å². The average molecular weight is 157 g/mol. The molecule has 0 aromatic heterocycles. The molecule has 0 heterocycles. The molecule has 0 radical (unpaired) electrons. The molecule has 11 heavy (non-hydrogen) atoms. The fraction of sp³-hybridized carbons (Fsp3) is 0.143. The van der Waals surface area contributed by atoms with Gasteiger partial charge < -0.3 is 15.9 Å². The van der Waals surface area contributed by atoms with Gasteiger partial charge in [0.15, 0.2) is 6.29 Å². The van der Waals surface area contributed by atoms with Crippen molar-refractivity contribution >= 4 is 5.69 Å². The molecule has 0 saturated heterocycles. The lowest BCUT2D eigenvalue weighted by molar-refractivity contribution is -0.0449. The summed E-state index contributed by atoms with van der Waals surface area (Å²) in [4.78, 5) is 0. The molecule has 0 amide bonds. The summed E-state index contributed by atoms with van der Waals surface area (Å²) in [5, 5.41) is 17.1. The molecule has 1 rings (SSSR count). The summed E-state index contributed by atoms with van der Waals surface area (Å²) in [5.74, 6) is -0.708. The van der Waals surface area contributed by atoms with Crippen LogP contribution in [0.1, 0.15) is 11.9 Å². The predicted molar refractivity (Wildman–Crippen MR) is 38.0 cm³/mol. The van der Waals surface area contributed by atoms with Crippen molar-refractivity contribution in [3.8, 4) is 0 Å². The smallest absolute Gasteiger partial charge is 0.181 e. The molecule has 4 heteroatoms. The number of anilines is 1. The Morgan fingerprint density at radius 3 is 2.45 bits per heavy atom. The third-order valence-electron chi connectivity index (χ3n) is 1.30. The molecule has 3 nitrogen and oxygen atoms in total. The summed E-state index contributed by atoms with van der Waals surface area (Å²) in [6.07, 6.45) is -1.78. The van der Waals surface area contributed by atoms with Crippen molar-refractivity contribution < 1.29 is 14.6 Å². The fourth-order valence-corrected chi connectivity index (χ4v) is 0.753. The topological polar surface area (TPSA) is 66.5 Å². The van der Waals surface area contributed by atoms with Gasteiger partial charge >= 0.3 is 0 Å². The highest BCUT2D eigenvalue weighted by Crippen LogP contribution is 2.16. The Morgan fingerprint density at radius 1 is 1.36 bits per heavy atom. The maximum absolute atomic E-state index is 12.7. The SMILES string of the molecule is Nc1ccc(C(O)O)c(F)c1. The van der Waals surface area contributed by atoms with Crippen LogP contribution >= 0.6 is 0 Å². The molecule has 0 aliphatic rings. The number of benzene rings is 1. The van der Waals surface area contributed by atoms with Crippen molar-refractivity contribution in [3.05, 3.63) is 29.6 Å². The number of aliphatic hydroxyl groups excluding tert-OH is 1. The molecular weight excluding hydrogens is 149 g/mol. The Balaban J connectivity index is 3.09. The Hall–Kier alpha value is -1.13. The number of hydrogen-bond acceptors (Lipinski definition) is 3. The van der Waals surface area contributed by atoms with E-state index in [-0.39, 0.29) is 11.3 Å². The minimum atomic E-state index is -1.78. The second-order valence-electron chi connectivity index (χ2n) is 2.15. The monoisotopic (exact) mass is 157 g/mol. The standard InChI is InChI=1S/C7H8FNO2/c8-6-3-4(9)1-2-5(6)7(10)11/h1-3,7,10-11H,9H2. The van der Waals surface area contributed by atoms with Crippen molar-refractivity contribution in [2.75, 3.05) is 5.73 Å². The van der Waals surface area contributed by atoms with E-state index < -0.39 is 12.1 Å². The minimum absolute atomic E-state index is 0.167. The molecule has 0 unspecified atom stereocenters. The second-order valence-corrected chi connectivity index (χ2v) is 2.15. The summed E-state index contributed by atoms with van der Waals surface area (Å²) < 4.78 is 12.7. The molecule has 0 fully saturated rings. The summed E-state index contributed by atoms with van der Waals surface area (Å²) >= 11 is 0. The third-order valence-corrected chi connectivity index (χ3v) is 1.30. The summed E-state index contributed by atoms with van der Waals surface area (Å²) in [6.45, 7) is 0. The van der Waals surface area contributed by atoms with Crippen LogP contribution in [0.3, 0.4) is 0 Å². The van der Waals surface area contributed by atoms with Crippen LogP contribution in [0.4, 0.5) is 10.1 Å². The van der Waals surface area contributed by atoms with Gasteiger partial charge in [0.05, 0.1) is 0 Å². The van der Waals surface area contributed by atoms with E-state index in [1.165, 1.54) is 12.1 Å². The van der Waals surface area contributed by atoms with Crippen molar-refractivity contribution in [1.82, 2.24) is 0 Å². The van der Waals surface area contributed by atoms with Crippen molar-refractivity contribution in [3.63, 3.8) is 0 Å². The quantitative estimate of drug-likeness (QED) is 0.408. The van der Waals surface area contributed by atoms with Gasteiger partial charge in [0.1, 0.15) is 5.82 Å². The molecule has 60 valence electrons. The van der Waals surface area contributed by atoms with Gasteiger partial charge in [0, 0.05) is 11.3 Å². The van der Waals surface area contributed by atoms with Gasteiger partial charge in [-0.05, 0) is 18.2 Å². The highest BCUT2D eigenvalue weighted by Gasteiger charge is 2.08. The lowest BCUT2D eigenvalue weighted by Gasteiger charge is -2.04. The minimum Gasteiger partial charge on any atom is -0.399 e. The normalized spacial score (nSPS) is 10.5. The first kappa shape index (κ1) is 7.97. The number of nitrogen functional groups attached to an aromatic ring is 1. The number of aliphatic hydroxyl groups is 2. The second kappa shape index (κ2) is 2.86. The van der Waals surface area contributed by atoms with Crippen LogP contribution in [-0.4, -0.2) is 10.2 Å². The first-order valence-electron chi connectivity index (χ1n) is 3.02. The van der Waals surface area contributed by atoms with E-state index in [9.17, 15) is 4.39 Å². The van der Waals surface area contributed by atoms with E-state index >= 15 is 0 Å². The number of halogens is 1. The van der Waals surface area contributed by atoms with Crippen LogP contribution in [-0.2, 0) is 0 Å². The van der Waals surface area contributed by atoms with Gasteiger partial charge in [-0.25, -0.2) is 4.39 Å². The molecule has 1 aromatic rings. The van der Waals surface area contributed by atoms with E-state index in [1.54, 1.807) is 0 Å². The Bertz CT molecular complexity index is 263. The largest absolute Gasteiger partial charge is 0.399 e. The van der Waals surface area contributed by atoms with Crippen LogP contribution < -0.4 is 5.73 Å². The summed E-state index contributed by atoms with van der Waals surface area (Å²) in [7, 11) is 0. The van der Waals surface area contributed by atoms with Crippen LogP contribution in [0.5, 0.6) is 0 Å². The van der Waals surface area contributed by atoms with E-state index in [0.717, 1.165) is 6.07 Å². The van der Waals surface area contributed by atoms with Gasteiger partial charge in [-0.1, -0.05) is 0 Å². The summed E-state index contributed by atoms with van der Waals surface area (Å²) in [5.41, 5.74) is 5.31. The van der Waals surface area contributed by atoms with E-state index in [2.05, 4.69) is 0 Å². The number of rotatable bonds is 1. The van der Waals surface area contributed by atoms with Gasteiger partial charge in [-0.3, -0.25) is 0 Å². The maximum Gasteiger partial charge on any atom is 0.181 e.